The topological polar surface area (TPSA) is 97.0 Å². The van der Waals surface area contributed by atoms with Crippen LogP contribution in [0.25, 0.3) is 0 Å². The minimum Gasteiger partial charge on any atom is -0.493 e. The van der Waals surface area contributed by atoms with Crippen molar-refractivity contribution >= 4 is 17.8 Å². The Morgan fingerprint density at radius 1 is 1.19 bits per heavy atom. The average Bonchev–Trinajstić information content (AvgIpc) is 3.20. The molecule has 1 aromatic carbocycles. The smallest absolute Gasteiger partial charge is 0.325 e. The summed E-state index contributed by atoms with van der Waals surface area (Å²) in [5, 5.41) is 5.49. The zero-order valence-electron chi connectivity index (χ0n) is 15.0. The van der Waals surface area contributed by atoms with Crippen molar-refractivity contribution in [1.82, 2.24) is 15.5 Å². The standard InChI is InChI=1S/C18H23N3O5/c1-25-13-6-5-12(9-14(13)26-2)10-19-15(22)11-21-16(23)18(20-17(21)24)7-3-4-8-18/h5-6,9H,3-4,7-8,10-11H2,1-2H3,(H,19,22)(H,20,24). The molecule has 8 heteroatoms. The Labute approximate surface area is 151 Å². The third-order valence-corrected chi connectivity index (χ3v) is 4.94. The Morgan fingerprint density at radius 3 is 2.54 bits per heavy atom. The highest BCUT2D eigenvalue weighted by atomic mass is 16.5. The highest BCUT2D eigenvalue weighted by Gasteiger charge is 2.52. The van der Waals surface area contributed by atoms with Crippen molar-refractivity contribution in [3.05, 3.63) is 23.8 Å². The maximum absolute atomic E-state index is 12.5. The molecule has 1 heterocycles. The third kappa shape index (κ3) is 3.31. The zero-order valence-corrected chi connectivity index (χ0v) is 15.0. The minimum absolute atomic E-state index is 0.258. The van der Waals surface area contributed by atoms with Crippen molar-refractivity contribution in [3.63, 3.8) is 0 Å². The SMILES string of the molecule is COc1ccc(CNC(=O)CN2C(=O)NC3(CCCC3)C2=O)cc1OC. The van der Waals surface area contributed by atoms with Gasteiger partial charge in [-0.1, -0.05) is 18.9 Å². The highest BCUT2D eigenvalue weighted by Crippen LogP contribution is 2.34. The van der Waals surface area contributed by atoms with E-state index in [9.17, 15) is 14.4 Å². The van der Waals surface area contributed by atoms with Gasteiger partial charge in [-0.25, -0.2) is 4.79 Å². The summed E-state index contributed by atoms with van der Waals surface area (Å²) >= 11 is 0. The molecular weight excluding hydrogens is 338 g/mol. The normalized spacial score (nSPS) is 18.2. The molecule has 3 rings (SSSR count). The Morgan fingerprint density at radius 2 is 1.88 bits per heavy atom. The molecule has 0 aromatic heterocycles. The van der Waals surface area contributed by atoms with Crippen molar-refractivity contribution < 1.29 is 23.9 Å². The van der Waals surface area contributed by atoms with Crippen molar-refractivity contribution in [2.24, 2.45) is 0 Å². The first kappa shape index (κ1) is 18.0. The van der Waals surface area contributed by atoms with E-state index in [0.29, 0.717) is 24.3 Å². The van der Waals surface area contributed by atoms with Gasteiger partial charge in [-0.2, -0.15) is 0 Å². The summed E-state index contributed by atoms with van der Waals surface area (Å²) in [7, 11) is 3.09. The van der Waals surface area contributed by atoms with E-state index in [2.05, 4.69) is 10.6 Å². The van der Waals surface area contributed by atoms with Crippen molar-refractivity contribution in [1.29, 1.82) is 0 Å². The van der Waals surface area contributed by atoms with Crippen LogP contribution in [-0.4, -0.2) is 49.0 Å². The first-order valence-electron chi connectivity index (χ1n) is 8.61. The number of nitrogens with one attached hydrogen (secondary N) is 2. The predicted molar refractivity (Wildman–Crippen MR) is 92.8 cm³/mol. The van der Waals surface area contributed by atoms with E-state index in [1.807, 2.05) is 6.07 Å². The molecule has 26 heavy (non-hydrogen) atoms. The molecule has 4 amide bonds. The molecule has 0 atom stereocenters. The first-order valence-corrected chi connectivity index (χ1v) is 8.61. The second-order valence-electron chi connectivity index (χ2n) is 6.58. The monoisotopic (exact) mass is 361 g/mol. The van der Waals surface area contributed by atoms with E-state index in [0.717, 1.165) is 23.3 Å². The number of carbonyl (C=O) groups is 3. The molecule has 0 radical (unpaired) electrons. The van der Waals surface area contributed by atoms with Crippen molar-refractivity contribution in [2.75, 3.05) is 20.8 Å². The lowest BCUT2D eigenvalue weighted by Gasteiger charge is -2.19. The van der Waals surface area contributed by atoms with Gasteiger partial charge < -0.3 is 20.1 Å². The second-order valence-corrected chi connectivity index (χ2v) is 6.58. The molecule has 0 unspecified atom stereocenters. The largest absolute Gasteiger partial charge is 0.493 e. The van der Waals surface area contributed by atoms with Crippen LogP contribution < -0.4 is 20.1 Å². The molecule has 8 nitrogen and oxygen atoms in total. The highest BCUT2D eigenvalue weighted by molar-refractivity contribution is 6.09. The fraction of sp³-hybridized carbons (Fsp3) is 0.500. The summed E-state index contributed by atoms with van der Waals surface area (Å²) in [6, 6.07) is 4.84. The molecule has 1 aromatic rings. The molecule has 2 fully saturated rings. The summed E-state index contributed by atoms with van der Waals surface area (Å²) < 4.78 is 10.4. The van der Waals surface area contributed by atoms with E-state index < -0.39 is 17.5 Å². The van der Waals surface area contributed by atoms with E-state index in [1.54, 1.807) is 19.2 Å². The number of hydrogen-bond acceptors (Lipinski definition) is 5. The first-order chi connectivity index (χ1) is 12.5. The number of amides is 4. The van der Waals surface area contributed by atoms with Crippen LogP contribution in [0.3, 0.4) is 0 Å². The van der Waals surface area contributed by atoms with E-state index in [-0.39, 0.29) is 19.0 Å². The van der Waals surface area contributed by atoms with E-state index in [1.165, 1.54) is 7.11 Å². The van der Waals surface area contributed by atoms with Gasteiger partial charge in [0.05, 0.1) is 14.2 Å². The molecule has 1 saturated carbocycles. The Kier molecular flexibility index (Phi) is 5.01. The molecule has 2 aliphatic rings. The maximum atomic E-state index is 12.5. The number of urea groups is 1. The minimum atomic E-state index is -0.791. The molecule has 140 valence electrons. The molecular formula is C18H23N3O5. The third-order valence-electron chi connectivity index (χ3n) is 4.94. The average molecular weight is 361 g/mol. The molecule has 1 aliphatic heterocycles. The molecule has 1 spiro atoms. The zero-order chi connectivity index (χ0) is 18.7. The summed E-state index contributed by atoms with van der Waals surface area (Å²) in [6.45, 7) is -0.0202. The molecule has 1 saturated heterocycles. The van der Waals surface area contributed by atoms with Gasteiger partial charge >= 0.3 is 6.03 Å². The fourth-order valence-corrected chi connectivity index (χ4v) is 3.53. The number of hydrogen-bond donors (Lipinski definition) is 2. The van der Waals surface area contributed by atoms with Gasteiger partial charge in [0.2, 0.25) is 5.91 Å². The van der Waals surface area contributed by atoms with E-state index in [4.69, 9.17) is 9.47 Å². The van der Waals surface area contributed by atoms with Crippen LogP contribution in [0.2, 0.25) is 0 Å². The van der Waals surface area contributed by atoms with Crippen LogP contribution in [0.1, 0.15) is 31.2 Å². The lowest BCUT2D eigenvalue weighted by atomic mass is 9.98. The van der Waals surface area contributed by atoms with Crippen LogP contribution in [0.5, 0.6) is 11.5 Å². The van der Waals surface area contributed by atoms with Crippen LogP contribution in [0.15, 0.2) is 18.2 Å². The summed E-state index contributed by atoms with van der Waals surface area (Å²) in [5.41, 5.74) is 0.0289. The van der Waals surface area contributed by atoms with Gasteiger partial charge in [-0.15, -0.1) is 0 Å². The van der Waals surface area contributed by atoms with Crippen molar-refractivity contribution in [2.45, 2.75) is 37.8 Å². The Hall–Kier alpha value is -2.77. The summed E-state index contributed by atoms with van der Waals surface area (Å²) in [6.07, 6.45) is 3.10. The lowest BCUT2D eigenvalue weighted by molar-refractivity contribution is -0.134. The molecule has 0 bridgehead atoms. The fourth-order valence-electron chi connectivity index (χ4n) is 3.53. The van der Waals surface area contributed by atoms with Crippen LogP contribution in [0.4, 0.5) is 4.79 Å². The number of imide groups is 1. The van der Waals surface area contributed by atoms with Gasteiger partial charge in [0, 0.05) is 6.54 Å². The number of nitrogens with zero attached hydrogens (tertiary/aromatic N) is 1. The van der Waals surface area contributed by atoms with Gasteiger partial charge in [0.1, 0.15) is 12.1 Å². The van der Waals surface area contributed by atoms with Crippen LogP contribution in [0, 0.1) is 0 Å². The Balaban J connectivity index is 1.58. The summed E-state index contributed by atoms with van der Waals surface area (Å²) in [5.74, 6) is 0.486. The maximum Gasteiger partial charge on any atom is 0.325 e. The number of rotatable bonds is 6. The molecule has 2 N–H and O–H groups in total. The number of carbonyl (C=O) groups excluding carboxylic acids is 3. The molecule has 1 aliphatic carbocycles. The second kappa shape index (κ2) is 7.23. The van der Waals surface area contributed by atoms with Gasteiger partial charge in [-0.05, 0) is 30.5 Å². The van der Waals surface area contributed by atoms with Crippen molar-refractivity contribution in [3.8, 4) is 11.5 Å². The van der Waals surface area contributed by atoms with Gasteiger partial charge in [-0.3, -0.25) is 14.5 Å². The Bertz CT molecular complexity index is 728. The number of benzene rings is 1. The van der Waals surface area contributed by atoms with Crippen LogP contribution in [-0.2, 0) is 16.1 Å². The number of methoxy groups -OCH3 is 2. The predicted octanol–water partition coefficient (Wildman–Crippen LogP) is 1.18. The van der Waals surface area contributed by atoms with Gasteiger partial charge in [0.15, 0.2) is 11.5 Å². The quantitative estimate of drug-likeness (QED) is 0.742. The van der Waals surface area contributed by atoms with E-state index >= 15 is 0 Å². The number of ether oxygens (including phenoxy) is 2. The van der Waals surface area contributed by atoms with Gasteiger partial charge in [0.25, 0.3) is 5.91 Å². The van der Waals surface area contributed by atoms with Crippen LogP contribution >= 0.6 is 0 Å². The summed E-state index contributed by atoms with van der Waals surface area (Å²) in [4.78, 5) is 37.8. The lowest BCUT2D eigenvalue weighted by Crippen LogP contribution is -2.45.